The van der Waals surface area contributed by atoms with E-state index in [9.17, 15) is 19.5 Å². The van der Waals surface area contributed by atoms with E-state index in [1.54, 1.807) is 41.3 Å². The van der Waals surface area contributed by atoms with Crippen LogP contribution in [0.1, 0.15) is 39.1 Å². The normalized spacial score (nSPS) is 14.5. The van der Waals surface area contributed by atoms with Gasteiger partial charge in [0.25, 0.3) is 5.91 Å². The number of hydrogen-bond acceptors (Lipinski definition) is 3. The first-order valence-electron chi connectivity index (χ1n) is 9.47. The van der Waals surface area contributed by atoms with Crippen molar-refractivity contribution in [3.8, 4) is 0 Å². The van der Waals surface area contributed by atoms with Gasteiger partial charge in [0.05, 0.1) is 12.1 Å². The van der Waals surface area contributed by atoms with Gasteiger partial charge in [0, 0.05) is 18.7 Å². The average Bonchev–Trinajstić information content (AvgIpc) is 2.73. The molecule has 0 atom stereocenters. The Balaban J connectivity index is 1.47. The molecule has 28 heavy (non-hydrogen) atoms. The molecule has 6 heteroatoms. The van der Waals surface area contributed by atoms with Crippen LogP contribution in [0.5, 0.6) is 0 Å². The van der Waals surface area contributed by atoms with Crippen LogP contribution in [0.4, 0.5) is 0 Å². The molecule has 1 heterocycles. The molecule has 1 aliphatic heterocycles. The van der Waals surface area contributed by atoms with Gasteiger partial charge in [-0.3, -0.25) is 9.59 Å². The number of piperidine rings is 1. The highest BCUT2D eigenvalue weighted by Gasteiger charge is 2.24. The SMILES string of the molecule is O=C(NCC(=O)N1CCC(Cc2ccccc2C(=O)O)CC1)c1ccccc1. The van der Waals surface area contributed by atoms with Crippen LogP contribution in [-0.2, 0) is 11.2 Å². The number of hydrogen-bond donors (Lipinski definition) is 2. The molecule has 1 saturated heterocycles. The van der Waals surface area contributed by atoms with Gasteiger partial charge in [-0.15, -0.1) is 0 Å². The number of aromatic carboxylic acids is 1. The second-order valence-corrected chi connectivity index (χ2v) is 7.04. The highest BCUT2D eigenvalue weighted by molar-refractivity contribution is 5.96. The summed E-state index contributed by atoms with van der Waals surface area (Å²) in [6.45, 7) is 1.24. The van der Waals surface area contributed by atoms with Gasteiger partial charge in [-0.05, 0) is 48.9 Å². The Bertz CT molecular complexity index is 843. The first-order chi connectivity index (χ1) is 13.5. The van der Waals surface area contributed by atoms with Crippen molar-refractivity contribution in [2.45, 2.75) is 19.3 Å². The maximum atomic E-state index is 12.4. The molecule has 0 aromatic heterocycles. The van der Waals surface area contributed by atoms with Crippen molar-refractivity contribution in [1.82, 2.24) is 10.2 Å². The Hall–Kier alpha value is -3.15. The van der Waals surface area contributed by atoms with Gasteiger partial charge in [-0.25, -0.2) is 4.79 Å². The summed E-state index contributed by atoms with van der Waals surface area (Å²) in [5.74, 6) is -0.899. The van der Waals surface area contributed by atoms with E-state index in [4.69, 9.17) is 0 Å². The van der Waals surface area contributed by atoms with E-state index in [0.717, 1.165) is 18.4 Å². The third kappa shape index (κ3) is 4.97. The second kappa shape index (κ2) is 9.17. The van der Waals surface area contributed by atoms with Gasteiger partial charge < -0.3 is 15.3 Å². The van der Waals surface area contributed by atoms with Crippen LogP contribution >= 0.6 is 0 Å². The van der Waals surface area contributed by atoms with Crippen molar-refractivity contribution in [2.24, 2.45) is 5.92 Å². The first kappa shape index (κ1) is 19.6. The Morgan fingerprint density at radius 1 is 0.964 bits per heavy atom. The lowest BCUT2D eigenvalue weighted by molar-refractivity contribution is -0.131. The van der Waals surface area contributed by atoms with E-state index >= 15 is 0 Å². The molecule has 3 rings (SSSR count). The summed E-state index contributed by atoms with van der Waals surface area (Å²) >= 11 is 0. The van der Waals surface area contributed by atoms with Crippen LogP contribution in [0.25, 0.3) is 0 Å². The van der Waals surface area contributed by atoms with E-state index in [1.807, 2.05) is 18.2 Å². The summed E-state index contributed by atoms with van der Waals surface area (Å²) in [5, 5.41) is 12.0. The number of rotatable bonds is 6. The van der Waals surface area contributed by atoms with E-state index < -0.39 is 5.97 Å². The van der Waals surface area contributed by atoms with Crippen LogP contribution in [0.2, 0.25) is 0 Å². The summed E-state index contributed by atoms with van der Waals surface area (Å²) in [6.07, 6.45) is 2.36. The van der Waals surface area contributed by atoms with Gasteiger partial charge in [0.15, 0.2) is 0 Å². The first-order valence-corrected chi connectivity index (χ1v) is 9.47. The number of carbonyl (C=O) groups excluding carboxylic acids is 2. The number of benzene rings is 2. The Labute approximate surface area is 164 Å². The molecule has 2 N–H and O–H groups in total. The zero-order valence-electron chi connectivity index (χ0n) is 15.6. The molecule has 0 spiro atoms. The number of carbonyl (C=O) groups is 3. The second-order valence-electron chi connectivity index (χ2n) is 7.04. The largest absolute Gasteiger partial charge is 0.478 e. The summed E-state index contributed by atoms with van der Waals surface area (Å²) in [6, 6.07) is 15.9. The average molecular weight is 380 g/mol. The molecule has 146 valence electrons. The Kier molecular flexibility index (Phi) is 6.42. The predicted octanol–water partition coefficient (Wildman–Crippen LogP) is 2.60. The monoisotopic (exact) mass is 380 g/mol. The smallest absolute Gasteiger partial charge is 0.335 e. The van der Waals surface area contributed by atoms with Crippen molar-refractivity contribution >= 4 is 17.8 Å². The number of carboxylic acids is 1. The number of likely N-dealkylation sites (tertiary alicyclic amines) is 1. The molecule has 0 radical (unpaired) electrons. The molecule has 1 fully saturated rings. The van der Waals surface area contributed by atoms with Gasteiger partial charge in [-0.2, -0.15) is 0 Å². The van der Waals surface area contributed by atoms with Crippen LogP contribution < -0.4 is 5.32 Å². The molecule has 2 aromatic carbocycles. The maximum Gasteiger partial charge on any atom is 0.335 e. The number of carboxylic acid groups (broad SMARTS) is 1. The Morgan fingerprint density at radius 2 is 1.61 bits per heavy atom. The maximum absolute atomic E-state index is 12.4. The van der Waals surface area contributed by atoms with Gasteiger partial charge >= 0.3 is 5.97 Å². The standard InChI is InChI=1S/C22H24N2O4/c25-20(15-23-21(26)17-6-2-1-3-7-17)24-12-10-16(11-13-24)14-18-8-4-5-9-19(18)22(27)28/h1-9,16H,10-15H2,(H,23,26)(H,27,28). The number of nitrogens with zero attached hydrogens (tertiary/aromatic N) is 1. The van der Waals surface area contributed by atoms with E-state index in [1.165, 1.54) is 0 Å². The summed E-state index contributed by atoms with van der Waals surface area (Å²) in [7, 11) is 0. The molecular formula is C22H24N2O4. The number of nitrogens with one attached hydrogen (secondary N) is 1. The summed E-state index contributed by atoms with van der Waals surface area (Å²) < 4.78 is 0. The minimum Gasteiger partial charge on any atom is -0.478 e. The van der Waals surface area contributed by atoms with Crippen LogP contribution in [0, 0.1) is 5.92 Å². The molecule has 0 aliphatic carbocycles. The molecule has 0 bridgehead atoms. The quantitative estimate of drug-likeness (QED) is 0.806. The minimum absolute atomic E-state index is 0.0136. The lowest BCUT2D eigenvalue weighted by Crippen LogP contribution is -2.44. The zero-order chi connectivity index (χ0) is 19.9. The van der Waals surface area contributed by atoms with Crippen LogP contribution in [0.15, 0.2) is 54.6 Å². The highest BCUT2D eigenvalue weighted by Crippen LogP contribution is 2.23. The lowest BCUT2D eigenvalue weighted by atomic mass is 9.88. The fourth-order valence-electron chi connectivity index (χ4n) is 3.56. The van der Waals surface area contributed by atoms with Crippen molar-refractivity contribution in [1.29, 1.82) is 0 Å². The molecule has 0 saturated carbocycles. The summed E-state index contributed by atoms with van der Waals surface area (Å²) in [4.78, 5) is 37.5. The third-order valence-electron chi connectivity index (χ3n) is 5.16. The fraction of sp³-hybridized carbons (Fsp3) is 0.318. The highest BCUT2D eigenvalue weighted by atomic mass is 16.4. The molecule has 6 nitrogen and oxygen atoms in total. The number of amides is 2. The fourth-order valence-corrected chi connectivity index (χ4v) is 3.56. The molecule has 1 aliphatic rings. The third-order valence-corrected chi connectivity index (χ3v) is 5.16. The van der Waals surface area contributed by atoms with Crippen LogP contribution in [0.3, 0.4) is 0 Å². The zero-order valence-corrected chi connectivity index (χ0v) is 15.6. The molecule has 2 aromatic rings. The molecule has 0 unspecified atom stereocenters. The van der Waals surface area contributed by atoms with Gasteiger partial charge in [0.2, 0.25) is 5.91 Å². The Morgan fingerprint density at radius 3 is 2.29 bits per heavy atom. The van der Waals surface area contributed by atoms with E-state index in [0.29, 0.717) is 36.6 Å². The van der Waals surface area contributed by atoms with Crippen molar-refractivity contribution in [2.75, 3.05) is 19.6 Å². The van der Waals surface area contributed by atoms with Gasteiger partial charge in [-0.1, -0.05) is 36.4 Å². The van der Waals surface area contributed by atoms with E-state index in [2.05, 4.69) is 5.32 Å². The van der Waals surface area contributed by atoms with Crippen LogP contribution in [-0.4, -0.2) is 47.4 Å². The van der Waals surface area contributed by atoms with E-state index in [-0.39, 0.29) is 18.4 Å². The van der Waals surface area contributed by atoms with Crippen molar-refractivity contribution in [3.05, 3.63) is 71.3 Å². The molecule has 2 amide bonds. The minimum atomic E-state index is -0.905. The van der Waals surface area contributed by atoms with Crippen molar-refractivity contribution < 1.29 is 19.5 Å². The predicted molar refractivity (Wildman–Crippen MR) is 105 cm³/mol. The molecular weight excluding hydrogens is 356 g/mol. The topological polar surface area (TPSA) is 86.7 Å². The lowest BCUT2D eigenvalue weighted by Gasteiger charge is -2.32. The van der Waals surface area contributed by atoms with Gasteiger partial charge in [0.1, 0.15) is 0 Å². The van der Waals surface area contributed by atoms with Crippen molar-refractivity contribution in [3.63, 3.8) is 0 Å². The summed E-state index contributed by atoms with van der Waals surface area (Å²) in [5.41, 5.74) is 1.73.